The van der Waals surface area contributed by atoms with Crippen molar-refractivity contribution in [3.8, 4) is 0 Å². The second-order valence-electron chi connectivity index (χ2n) is 9.12. The van der Waals surface area contributed by atoms with Crippen LogP contribution in [-0.4, -0.2) is 36.0 Å². The first-order valence-electron chi connectivity index (χ1n) is 13.1. The zero-order valence-electron chi connectivity index (χ0n) is 22.0. The van der Waals surface area contributed by atoms with Crippen LogP contribution in [0.15, 0.2) is 90.5 Å². The number of benzene rings is 3. The largest absolute Gasteiger partial charge is 0.463 e. The number of anilines is 1. The molecule has 0 saturated carbocycles. The van der Waals surface area contributed by atoms with Crippen molar-refractivity contribution in [3.63, 3.8) is 0 Å². The predicted octanol–water partition coefficient (Wildman–Crippen LogP) is 6.45. The molecule has 0 radical (unpaired) electrons. The van der Waals surface area contributed by atoms with E-state index in [0.717, 1.165) is 18.4 Å². The molecule has 1 aliphatic rings. The van der Waals surface area contributed by atoms with Crippen molar-refractivity contribution in [3.05, 3.63) is 107 Å². The molecule has 4 rings (SSSR count). The van der Waals surface area contributed by atoms with Gasteiger partial charge >= 0.3 is 12.0 Å². The summed E-state index contributed by atoms with van der Waals surface area (Å²) in [4.78, 5) is 41.4. The smallest absolute Gasteiger partial charge is 0.338 e. The maximum Gasteiger partial charge on any atom is 0.338 e. The Labute approximate surface area is 233 Å². The molecule has 3 aromatic carbocycles. The number of nitrogens with one attached hydrogen (secondary N) is 2. The van der Waals surface area contributed by atoms with Gasteiger partial charge in [0.05, 0.1) is 23.9 Å². The minimum atomic E-state index is -0.879. The summed E-state index contributed by atoms with van der Waals surface area (Å²) < 4.78 is 5.49. The van der Waals surface area contributed by atoms with Crippen LogP contribution in [0.25, 0.3) is 5.70 Å². The van der Waals surface area contributed by atoms with Crippen molar-refractivity contribution in [1.82, 2.24) is 10.2 Å². The summed E-state index contributed by atoms with van der Waals surface area (Å²) in [6, 6.07) is 24.4. The minimum absolute atomic E-state index is 0.187. The van der Waals surface area contributed by atoms with Crippen LogP contribution >= 0.6 is 11.6 Å². The van der Waals surface area contributed by atoms with Crippen LogP contribution in [0.4, 0.5) is 10.5 Å². The van der Waals surface area contributed by atoms with Crippen molar-refractivity contribution >= 4 is 40.9 Å². The SMILES string of the molecule is CCCCN1C(=O)N[C@H](c2cccc(NC(=O)[C@H](Cl)c3ccccc3)c2)C(C(=O)OCC)=C1c1ccccc1. The van der Waals surface area contributed by atoms with E-state index in [1.165, 1.54) is 0 Å². The molecule has 1 heterocycles. The first kappa shape index (κ1) is 27.9. The molecule has 0 aromatic heterocycles. The third kappa shape index (κ3) is 6.49. The number of urea groups is 1. The van der Waals surface area contributed by atoms with Crippen LogP contribution in [0, 0.1) is 0 Å². The van der Waals surface area contributed by atoms with E-state index in [-0.39, 0.29) is 18.5 Å². The van der Waals surface area contributed by atoms with Gasteiger partial charge in [0, 0.05) is 12.2 Å². The number of amides is 3. The predicted molar refractivity (Wildman–Crippen MR) is 153 cm³/mol. The lowest BCUT2D eigenvalue weighted by atomic mass is 9.91. The fourth-order valence-electron chi connectivity index (χ4n) is 4.54. The number of hydrogen-bond acceptors (Lipinski definition) is 4. The standard InChI is InChI=1S/C31H32ClN3O4/c1-3-5-19-35-28(22-15-10-7-11-16-22)25(30(37)39-4-2)27(34-31(35)38)23-17-12-18-24(20-23)33-29(36)26(32)21-13-8-6-9-14-21/h6-18,20,26-27H,3-5,19H2,1-2H3,(H,33,36)(H,34,38)/t26-,27-/m1/s1. The maximum absolute atomic E-state index is 13.5. The molecule has 202 valence electrons. The summed E-state index contributed by atoms with van der Waals surface area (Å²) in [5, 5.41) is 4.97. The van der Waals surface area contributed by atoms with Gasteiger partial charge in [0.1, 0.15) is 5.38 Å². The Balaban J connectivity index is 1.75. The number of carbonyl (C=O) groups excluding carboxylic acids is 3. The quantitative estimate of drug-likeness (QED) is 0.226. The Morgan fingerprint density at radius 1 is 1.00 bits per heavy atom. The van der Waals surface area contributed by atoms with Gasteiger partial charge in [0.25, 0.3) is 0 Å². The highest BCUT2D eigenvalue weighted by Gasteiger charge is 2.38. The summed E-state index contributed by atoms with van der Waals surface area (Å²) >= 11 is 6.42. The van der Waals surface area contributed by atoms with Crippen LogP contribution in [-0.2, 0) is 14.3 Å². The lowest BCUT2D eigenvalue weighted by molar-refractivity contribution is -0.139. The summed E-state index contributed by atoms with van der Waals surface area (Å²) in [5.41, 5.74) is 3.40. The highest BCUT2D eigenvalue weighted by atomic mass is 35.5. The lowest BCUT2D eigenvalue weighted by Crippen LogP contribution is -2.48. The van der Waals surface area contributed by atoms with Crippen LogP contribution in [0.5, 0.6) is 0 Å². The Kier molecular flexibility index (Phi) is 9.39. The van der Waals surface area contributed by atoms with E-state index >= 15 is 0 Å². The van der Waals surface area contributed by atoms with Gasteiger partial charge in [-0.1, -0.05) is 86.1 Å². The van der Waals surface area contributed by atoms with Gasteiger partial charge in [-0.3, -0.25) is 9.69 Å². The molecule has 3 aromatic rings. The van der Waals surface area contributed by atoms with E-state index in [4.69, 9.17) is 16.3 Å². The van der Waals surface area contributed by atoms with E-state index in [2.05, 4.69) is 10.6 Å². The van der Waals surface area contributed by atoms with E-state index in [0.29, 0.717) is 34.6 Å². The average molecular weight is 546 g/mol. The summed E-state index contributed by atoms with van der Waals surface area (Å²) in [6.07, 6.45) is 1.66. The lowest BCUT2D eigenvalue weighted by Gasteiger charge is -2.37. The molecule has 1 aliphatic heterocycles. The van der Waals surface area contributed by atoms with Crippen molar-refractivity contribution in [2.45, 2.75) is 38.1 Å². The number of ether oxygens (including phenoxy) is 1. The van der Waals surface area contributed by atoms with Crippen molar-refractivity contribution in [2.24, 2.45) is 0 Å². The highest BCUT2D eigenvalue weighted by Crippen LogP contribution is 2.37. The third-order valence-corrected chi connectivity index (χ3v) is 6.86. The molecule has 39 heavy (non-hydrogen) atoms. The molecular formula is C31H32ClN3O4. The maximum atomic E-state index is 13.5. The van der Waals surface area contributed by atoms with Crippen LogP contribution in [0.2, 0.25) is 0 Å². The second-order valence-corrected chi connectivity index (χ2v) is 9.56. The highest BCUT2D eigenvalue weighted by molar-refractivity contribution is 6.32. The fraction of sp³-hybridized carbons (Fsp3) is 0.258. The Hall–Kier alpha value is -4.10. The van der Waals surface area contributed by atoms with Gasteiger partial charge < -0.3 is 15.4 Å². The molecular weight excluding hydrogens is 514 g/mol. The molecule has 3 amide bonds. The molecule has 2 N–H and O–H groups in total. The number of unbranched alkanes of at least 4 members (excludes halogenated alkanes) is 1. The van der Waals surface area contributed by atoms with Crippen molar-refractivity contribution in [2.75, 3.05) is 18.5 Å². The van der Waals surface area contributed by atoms with Crippen molar-refractivity contribution in [1.29, 1.82) is 0 Å². The molecule has 0 bridgehead atoms. The molecule has 2 atom stereocenters. The van der Waals surface area contributed by atoms with Crippen molar-refractivity contribution < 1.29 is 19.1 Å². The van der Waals surface area contributed by atoms with E-state index in [1.807, 2.05) is 55.5 Å². The van der Waals surface area contributed by atoms with Gasteiger partial charge in [-0.05, 0) is 42.2 Å². The van der Waals surface area contributed by atoms with Gasteiger partial charge in [0.2, 0.25) is 5.91 Å². The summed E-state index contributed by atoms with van der Waals surface area (Å²) in [6.45, 7) is 4.44. The monoisotopic (exact) mass is 545 g/mol. The third-order valence-electron chi connectivity index (χ3n) is 6.41. The van der Waals surface area contributed by atoms with Gasteiger partial charge in [-0.15, -0.1) is 11.6 Å². The molecule has 7 nitrogen and oxygen atoms in total. The summed E-state index contributed by atoms with van der Waals surface area (Å²) in [7, 11) is 0. The average Bonchev–Trinajstić information content (AvgIpc) is 2.96. The fourth-order valence-corrected chi connectivity index (χ4v) is 4.74. The number of carbonyl (C=O) groups is 3. The number of nitrogens with zero attached hydrogens (tertiary/aromatic N) is 1. The van der Waals surface area contributed by atoms with Gasteiger partial charge in [0.15, 0.2) is 0 Å². The normalized spacial score (nSPS) is 15.9. The van der Waals surface area contributed by atoms with E-state index < -0.39 is 17.4 Å². The van der Waals surface area contributed by atoms with E-state index in [9.17, 15) is 14.4 Å². The molecule has 0 unspecified atom stereocenters. The van der Waals surface area contributed by atoms with Crippen LogP contribution in [0.1, 0.15) is 54.8 Å². The number of esters is 1. The van der Waals surface area contributed by atoms with Gasteiger partial charge in [-0.25, -0.2) is 9.59 Å². The second kappa shape index (κ2) is 13.1. The topological polar surface area (TPSA) is 87.7 Å². The van der Waals surface area contributed by atoms with Gasteiger partial charge in [-0.2, -0.15) is 0 Å². The minimum Gasteiger partial charge on any atom is -0.463 e. The molecule has 8 heteroatoms. The number of alkyl halides is 1. The zero-order valence-corrected chi connectivity index (χ0v) is 22.8. The molecule has 0 fully saturated rings. The molecule has 0 aliphatic carbocycles. The molecule has 0 spiro atoms. The Morgan fingerprint density at radius 2 is 1.69 bits per heavy atom. The Morgan fingerprint density at radius 3 is 2.36 bits per heavy atom. The zero-order chi connectivity index (χ0) is 27.8. The first-order valence-corrected chi connectivity index (χ1v) is 13.5. The first-order chi connectivity index (χ1) is 18.9. The molecule has 0 saturated heterocycles. The summed E-state index contributed by atoms with van der Waals surface area (Å²) in [5.74, 6) is -0.897. The van der Waals surface area contributed by atoms with E-state index in [1.54, 1.807) is 48.2 Å². The number of hydrogen-bond donors (Lipinski definition) is 2. The Bertz CT molecular complexity index is 1340. The van der Waals surface area contributed by atoms with Crippen LogP contribution in [0.3, 0.4) is 0 Å². The number of halogens is 1. The van der Waals surface area contributed by atoms with Crippen LogP contribution < -0.4 is 10.6 Å². The number of rotatable bonds is 10.